The molecule has 0 radical (unpaired) electrons. The fraction of sp³-hybridized carbons (Fsp3) is 0. The number of nitrogens with zero attached hydrogens (tertiary/aromatic N) is 1. The molecule has 0 bridgehead atoms. The summed E-state index contributed by atoms with van der Waals surface area (Å²) in [7, 11) is 0. The molecule has 0 saturated heterocycles. The third-order valence-corrected chi connectivity index (χ3v) is 10.7. The van der Waals surface area contributed by atoms with Crippen LogP contribution in [0.4, 0.5) is 0 Å². The monoisotopic (exact) mass is 605 g/mol. The van der Waals surface area contributed by atoms with Crippen LogP contribution in [0.25, 0.3) is 103 Å². The lowest BCUT2D eigenvalue weighted by molar-refractivity contribution is 0.668. The Kier molecular flexibility index (Phi) is 4.72. The first-order chi connectivity index (χ1) is 22.8. The van der Waals surface area contributed by atoms with E-state index in [-0.39, 0.29) is 0 Å². The van der Waals surface area contributed by atoms with E-state index in [0.717, 1.165) is 38.8 Å². The van der Waals surface area contributed by atoms with Crippen LogP contribution in [-0.4, -0.2) is 4.57 Å². The van der Waals surface area contributed by atoms with Crippen molar-refractivity contribution in [3.63, 3.8) is 0 Å². The van der Waals surface area contributed by atoms with E-state index in [4.69, 9.17) is 8.83 Å². The number of para-hydroxylation sites is 3. The summed E-state index contributed by atoms with van der Waals surface area (Å²) in [6, 6.07) is 49.8. The highest BCUT2D eigenvalue weighted by molar-refractivity contribution is 7.26. The van der Waals surface area contributed by atoms with Gasteiger partial charge in [0.1, 0.15) is 22.3 Å². The Morgan fingerprint density at radius 1 is 0.391 bits per heavy atom. The number of furan rings is 2. The first-order valence-corrected chi connectivity index (χ1v) is 16.3. The van der Waals surface area contributed by atoms with E-state index in [1.54, 1.807) is 0 Å². The van der Waals surface area contributed by atoms with Gasteiger partial charge in [-0.2, -0.15) is 0 Å². The Labute approximate surface area is 266 Å². The fourth-order valence-corrected chi connectivity index (χ4v) is 8.84. The van der Waals surface area contributed by atoms with E-state index >= 15 is 0 Å². The second kappa shape index (κ2) is 8.87. The van der Waals surface area contributed by atoms with Crippen molar-refractivity contribution < 1.29 is 8.83 Å². The van der Waals surface area contributed by atoms with Crippen molar-refractivity contribution >= 4 is 97.2 Å². The molecule has 0 N–H and O–H groups in total. The Morgan fingerprint density at radius 2 is 1.04 bits per heavy atom. The van der Waals surface area contributed by atoms with Crippen LogP contribution < -0.4 is 0 Å². The predicted octanol–water partition coefficient (Wildman–Crippen LogP) is 12.6. The van der Waals surface area contributed by atoms with Crippen molar-refractivity contribution in [3.8, 4) is 16.8 Å². The highest BCUT2D eigenvalue weighted by atomic mass is 32.1. The van der Waals surface area contributed by atoms with Gasteiger partial charge in [-0.15, -0.1) is 11.3 Å². The first-order valence-electron chi connectivity index (χ1n) is 15.5. The molecule has 7 aromatic carbocycles. The lowest BCUT2D eigenvalue weighted by atomic mass is 9.95. The van der Waals surface area contributed by atoms with Crippen molar-refractivity contribution in [2.24, 2.45) is 0 Å². The second-order valence-corrected chi connectivity index (χ2v) is 13.1. The third kappa shape index (κ3) is 3.16. The van der Waals surface area contributed by atoms with E-state index in [9.17, 15) is 0 Å². The van der Waals surface area contributed by atoms with Gasteiger partial charge in [-0.3, -0.25) is 0 Å². The van der Waals surface area contributed by atoms with E-state index in [1.165, 1.54) is 63.9 Å². The molecule has 4 heterocycles. The molecule has 0 spiro atoms. The number of aromatic nitrogens is 1. The molecule has 0 atom stereocenters. The molecule has 0 amide bonds. The third-order valence-electron chi connectivity index (χ3n) is 9.61. The fourth-order valence-electron chi connectivity index (χ4n) is 7.73. The lowest BCUT2D eigenvalue weighted by Crippen LogP contribution is -1.93. The molecule has 0 aliphatic heterocycles. The van der Waals surface area contributed by atoms with Crippen LogP contribution in [0, 0.1) is 0 Å². The molecule has 0 aliphatic carbocycles. The Balaban J connectivity index is 1.23. The molecule has 3 nitrogen and oxygen atoms in total. The van der Waals surface area contributed by atoms with E-state index in [2.05, 4.69) is 132 Å². The maximum absolute atomic E-state index is 6.31. The van der Waals surface area contributed by atoms with Crippen molar-refractivity contribution in [1.82, 2.24) is 4.57 Å². The minimum atomic E-state index is 0.916. The second-order valence-electron chi connectivity index (χ2n) is 12.0. The SMILES string of the molecule is c1ccc2c(c1)oc1cccc(-c3cccc4sc5ccc(-n6c7ccccc7c7c8c(ccc76)oc6ccccc68)cc5c34)c12. The average molecular weight is 606 g/mol. The quantitative estimate of drug-likeness (QED) is 0.196. The van der Waals surface area contributed by atoms with Crippen LogP contribution in [0.15, 0.2) is 148 Å². The lowest BCUT2D eigenvalue weighted by Gasteiger charge is -2.10. The summed E-state index contributed by atoms with van der Waals surface area (Å²) in [4.78, 5) is 0. The highest BCUT2D eigenvalue weighted by Crippen LogP contribution is 2.46. The van der Waals surface area contributed by atoms with Crippen molar-refractivity contribution in [2.75, 3.05) is 0 Å². The van der Waals surface area contributed by atoms with Crippen LogP contribution in [0.1, 0.15) is 0 Å². The van der Waals surface area contributed by atoms with Gasteiger partial charge in [0.2, 0.25) is 0 Å². The molecule has 0 aliphatic rings. The molecule has 214 valence electrons. The Bertz CT molecular complexity index is 3040. The van der Waals surface area contributed by atoms with Crippen LogP contribution in [-0.2, 0) is 0 Å². The Hall–Kier alpha value is -5.84. The van der Waals surface area contributed by atoms with Crippen molar-refractivity contribution in [1.29, 1.82) is 0 Å². The van der Waals surface area contributed by atoms with Gasteiger partial charge in [0.15, 0.2) is 0 Å². The van der Waals surface area contributed by atoms with Gasteiger partial charge in [0, 0.05) is 58.2 Å². The van der Waals surface area contributed by atoms with Gasteiger partial charge in [0.05, 0.1) is 11.0 Å². The van der Waals surface area contributed by atoms with Crippen molar-refractivity contribution in [3.05, 3.63) is 140 Å². The summed E-state index contributed by atoms with van der Waals surface area (Å²) in [5.41, 5.74) is 9.60. The van der Waals surface area contributed by atoms with Gasteiger partial charge in [-0.05, 0) is 71.8 Å². The van der Waals surface area contributed by atoms with Crippen LogP contribution in [0.3, 0.4) is 0 Å². The summed E-state index contributed by atoms with van der Waals surface area (Å²) in [5.74, 6) is 0. The predicted molar refractivity (Wildman–Crippen MR) is 194 cm³/mol. The van der Waals surface area contributed by atoms with E-state index in [0.29, 0.717) is 0 Å². The molecule has 4 aromatic heterocycles. The number of hydrogen-bond donors (Lipinski definition) is 0. The summed E-state index contributed by atoms with van der Waals surface area (Å²) >= 11 is 1.85. The highest BCUT2D eigenvalue weighted by Gasteiger charge is 2.20. The molecule has 46 heavy (non-hydrogen) atoms. The normalized spacial score (nSPS) is 12.3. The van der Waals surface area contributed by atoms with Gasteiger partial charge >= 0.3 is 0 Å². The van der Waals surface area contributed by atoms with E-state index < -0.39 is 0 Å². The summed E-state index contributed by atoms with van der Waals surface area (Å²) in [5, 5.41) is 9.64. The zero-order valence-electron chi connectivity index (χ0n) is 24.5. The maximum atomic E-state index is 6.31. The van der Waals surface area contributed by atoms with Gasteiger partial charge < -0.3 is 13.4 Å². The summed E-state index contributed by atoms with van der Waals surface area (Å²) in [6.45, 7) is 0. The van der Waals surface area contributed by atoms with E-state index in [1.807, 2.05) is 23.5 Å². The number of fused-ring (bicyclic) bond motifs is 13. The van der Waals surface area contributed by atoms with Gasteiger partial charge in [0.25, 0.3) is 0 Å². The number of hydrogen-bond acceptors (Lipinski definition) is 3. The first kappa shape index (κ1) is 24.5. The van der Waals surface area contributed by atoms with Gasteiger partial charge in [-0.25, -0.2) is 0 Å². The Morgan fingerprint density at radius 3 is 1.87 bits per heavy atom. The largest absolute Gasteiger partial charge is 0.456 e. The number of benzene rings is 7. The minimum absolute atomic E-state index is 0.916. The topological polar surface area (TPSA) is 31.2 Å². The molecule has 4 heteroatoms. The zero-order valence-corrected chi connectivity index (χ0v) is 25.3. The maximum Gasteiger partial charge on any atom is 0.136 e. The number of thiophene rings is 1. The summed E-state index contributed by atoms with van der Waals surface area (Å²) < 4.78 is 17.6. The molecule has 11 aromatic rings. The molecular formula is C42H23NO2S. The number of rotatable bonds is 2. The van der Waals surface area contributed by atoms with Crippen molar-refractivity contribution in [2.45, 2.75) is 0 Å². The molecule has 0 saturated carbocycles. The molecular weight excluding hydrogens is 583 g/mol. The zero-order chi connectivity index (χ0) is 29.9. The van der Waals surface area contributed by atoms with Crippen LogP contribution in [0.2, 0.25) is 0 Å². The smallest absolute Gasteiger partial charge is 0.136 e. The van der Waals surface area contributed by atoms with Crippen LogP contribution >= 0.6 is 11.3 Å². The molecule has 11 rings (SSSR count). The standard InChI is InChI=1S/C42H23NO2S/c1-4-14-31-27(9-1)41-32(20-21-36-42(41)29-11-3-6-16-34(29)45-36)43(31)24-19-22-37-30(23-24)40-26(13-8-18-38(40)46-37)25-12-7-17-35-39(25)28-10-2-5-15-33(28)44-35/h1-23H. The van der Waals surface area contributed by atoms with Crippen LogP contribution in [0.5, 0.6) is 0 Å². The molecule has 0 fully saturated rings. The summed E-state index contributed by atoms with van der Waals surface area (Å²) in [6.07, 6.45) is 0. The minimum Gasteiger partial charge on any atom is -0.456 e. The average Bonchev–Trinajstić information content (AvgIpc) is 3.86. The van der Waals surface area contributed by atoms with Gasteiger partial charge in [-0.1, -0.05) is 78.9 Å². The molecule has 0 unspecified atom stereocenters.